The number of rotatable bonds is 10. The lowest BCUT2D eigenvalue weighted by molar-refractivity contribution is -0.385. The van der Waals surface area contributed by atoms with Crippen molar-refractivity contribution in [1.82, 2.24) is 4.90 Å². The summed E-state index contributed by atoms with van der Waals surface area (Å²) in [4.78, 5) is 12.9. The highest BCUT2D eigenvalue weighted by atomic mass is 16.6. The van der Waals surface area contributed by atoms with Crippen LogP contribution in [0.4, 0.5) is 11.4 Å². The molecule has 0 aliphatic rings. The van der Waals surface area contributed by atoms with Gasteiger partial charge < -0.3 is 15.0 Å². The number of anilines is 1. The summed E-state index contributed by atoms with van der Waals surface area (Å²) >= 11 is 0. The summed E-state index contributed by atoms with van der Waals surface area (Å²) in [5.41, 5.74) is 0.858. The molecule has 1 aromatic carbocycles. The van der Waals surface area contributed by atoms with E-state index < -0.39 is 4.92 Å². The summed E-state index contributed by atoms with van der Waals surface area (Å²) in [6.07, 6.45) is 0.816. The van der Waals surface area contributed by atoms with Crippen LogP contribution in [0, 0.1) is 10.1 Å². The number of hydrogen-bond acceptors (Lipinski definition) is 5. The molecule has 0 saturated heterocycles. The second-order valence-electron chi connectivity index (χ2n) is 4.74. The third kappa shape index (κ3) is 5.59. The maximum atomic E-state index is 11.0. The maximum absolute atomic E-state index is 11.0. The molecule has 0 atom stereocenters. The minimum atomic E-state index is -0.412. The van der Waals surface area contributed by atoms with Crippen molar-refractivity contribution in [3.8, 4) is 5.75 Å². The Morgan fingerprint density at radius 3 is 2.57 bits per heavy atom. The van der Waals surface area contributed by atoms with Gasteiger partial charge in [0.25, 0.3) is 0 Å². The average molecular weight is 295 g/mol. The lowest BCUT2D eigenvalue weighted by Gasteiger charge is -2.18. The van der Waals surface area contributed by atoms with Gasteiger partial charge >= 0.3 is 5.69 Å². The monoisotopic (exact) mass is 295 g/mol. The van der Waals surface area contributed by atoms with E-state index in [2.05, 4.69) is 24.1 Å². The lowest BCUT2D eigenvalue weighted by atomic mass is 10.2. The van der Waals surface area contributed by atoms with Crippen molar-refractivity contribution < 1.29 is 9.66 Å². The van der Waals surface area contributed by atoms with Crippen LogP contribution in [0.3, 0.4) is 0 Å². The highest BCUT2D eigenvalue weighted by Crippen LogP contribution is 2.30. The highest BCUT2D eigenvalue weighted by Gasteiger charge is 2.15. The van der Waals surface area contributed by atoms with Gasteiger partial charge in [-0.05, 0) is 25.6 Å². The van der Waals surface area contributed by atoms with Crippen LogP contribution in [0.2, 0.25) is 0 Å². The first kappa shape index (κ1) is 17.2. The topological polar surface area (TPSA) is 67.6 Å². The van der Waals surface area contributed by atoms with Gasteiger partial charge in [-0.1, -0.05) is 20.8 Å². The van der Waals surface area contributed by atoms with E-state index in [1.54, 1.807) is 12.1 Å². The van der Waals surface area contributed by atoms with Crippen LogP contribution in [0.5, 0.6) is 5.75 Å². The zero-order chi connectivity index (χ0) is 15.7. The van der Waals surface area contributed by atoms with E-state index in [0.717, 1.165) is 38.3 Å². The molecule has 0 heterocycles. The first-order chi connectivity index (χ1) is 10.1. The van der Waals surface area contributed by atoms with Crippen molar-refractivity contribution in [2.45, 2.75) is 27.2 Å². The maximum Gasteiger partial charge on any atom is 0.311 e. The van der Waals surface area contributed by atoms with E-state index in [-0.39, 0.29) is 5.69 Å². The second kappa shape index (κ2) is 9.18. The molecule has 0 radical (unpaired) electrons. The van der Waals surface area contributed by atoms with Crippen LogP contribution in [0.1, 0.15) is 27.2 Å². The molecular formula is C15H25N3O3. The second-order valence-corrected chi connectivity index (χ2v) is 4.74. The molecule has 0 fully saturated rings. The normalized spacial score (nSPS) is 10.7. The molecule has 0 saturated carbocycles. The average Bonchev–Trinajstić information content (AvgIpc) is 2.49. The molecular weight excluding hydrogens is 270 g/mol. The Balaban J connectivity index is 2.68. The number of ether oxygens (including phenoxy) is 1. The Morgan fingerprint density at radius 1 is 1.29 bits per heavy atom. The van der Waals surface area contributed by atoms with Crippen LogP contribution < -0.4 is 10.1 Å². The first-order valence-electron chi connectivity index (χ1n) is 7.49. The van der Waals surface area contributed by atoms with Crippen molar-refractivity contribution in [3.63, 3.8) is 0 Å². The summed E-state index contributed by atoms with van der Waals surface area (Å²) in [7, 11) is 0. The standard InChI is InChI=1S/C15H25N3O3/c1-4-11-21-15-12-13(7-8-14(15)18(19)20)16-9-10-17(5-2)6-3/h7-8,12,16H,4-6,9-11H2,1-3H3. The van der Waals surface area contributed by atoms with Gasteiger partial charge in [0, 0.05) is 30.9 Å². The molecule has 0 spiro atoms. The zero-order valence-corrected chi connectivity index (χ0v) is 13.1. The Morgan fingerprint density at radius 2 is 2.00 bits per heavy atom. The van der Waals surface area contributed by atoms with E-state index in [1.807, 2.05) is 6.92 Å². The summed E-state index contributed by atoms with van der Waals surface area (Å²) in [5.74, 6) is 0.328. The van der Waals surface area contributed by atoms with E-state index in [4.69, 9.17) is 4.74 Å². The SMILES string of the molecule is CCCOc1cc(NCCN(CC)CC)ccc1[N+](=O)[O-]. The van der Waals surface area contributed by atoms with Gasteiger partial charge in [-0.25, -0.2) is 0 Å². The van der Waals surface area contributed by atoms with Crippen LogP contribution in [0.25, 0.3) is 0 Å². The number of nitrogens with one attached hydrogen (secondary N) is 1. The van der Waals surface area contributed by atoms with Gasteiger partial charge in [-0.2, -0.15) is 0 Å². The van der Waals surface area contributed by atoms with Crippen LogP contribution in [-0.4, -0.2) is 42.6 Å². The molecule has 0 aliphatic heterocycles. The molecule has 1 aromatic rings. The minimum absolute atomic E-state index is 0.0118. The number of benzene rings is 1. The quantitative estimate of drug-likeness (QED) is 0.530. The number of nitro benzene ring substituents is 1. The Bertz CT molecular complexity index is 448. The molecule has 0 aliphatic carbocycles. The van der Waals surface area contributed by atoms with Crippen LogP contribution in [-0.2, 0) is 0 Å². The van der Waals surface area contributed by atoms with E-state index in [0.29, 0.717) is 12.4 Å². The van der Waals surface area contributed by atoms with Gasteiger partial charge in [-0.15, -0.1) is 0 Å². The van der Waals surface area contributed by atoms with Crippen molar-refractivity contribution >= 4 is 11.4 Å². The number of hydrogen-bond donors (Lipinski definition) is 1. The molecule has 6 nitrogen and oxygen atoms in total. The van der Waals surface area contributed by atoms with E-state index in [1.165, 1.54) is 6.07 Å². The molecule has 0 amide bonds. The molecule has 0 aromatic heterocycles. The van der Waals surface area contributed by atoms with Gasteiger partial charge in [0.2, 0.25) is 0 Å². The minimum Gasteiger partial charge on any atom is -0.487 e. The van der Waals surface area contributed by atoms with E-state index in [9.17, 15) is 10.1 Å². The molecule has 0 unspecified atom stereocenters. The molecule has 118 valence electrons. The Labute approximate surface area is 126 Å². The molecule has 0 bridgehead atoms. The Kier molecular flexibility index (Phi) is 7.53. The number of likely N-dealkylation sites (N-methyl/N-ethyl adjacent to an activating group) is 1. The van der Waals surface area contributed by atoms with Crippen molar-refractivity contribution in [2.24, 2.45) is 0 Å². The molecule has 1 rings (SSSR count). The summed E-state index contributed by atoms with van der Waals surface area (Å²) in [5, 5.41) is 14.3. The van der Waals surface area contributed by atoms with Gasteiger partial charge in [-0.3, -0.25) is 10.1 Å². The van der Waals surface area contributed by atoms with Crippen molar-refractivity contribution in [2.75, 3.05) is 38.1 Å². The fourth-order valence-corrected chi connectivity index (χ4v) is 2.00. The van der Waals surface area contributed by atoms with Gasteiger partial charge in [0.1, 0.15) is 0 Å². The van der Waals surface area contributed by atoms with Gasteiger partial charge in [0.15, 0.2) is 5.75 Å². The third-order valence-electron chi connectivity index (χ3n) is 3.27. The van der Waals surface area contributed by atoms with Crippen molar-refractivity contribution in [1.29, 1.82) is 0 Å². The predicted molar refractivity (Wildman–Crippen MR) is 85.2 cm³/mol. The Hall–Kier alpha value is -1.82. The lowest BCUT2D eigenvalue weighted by Crippen LogP contribution is -2.28. The first-order valence-corrected chi connectivity index (χ1v) is 7.49. The number of nitro groups is 1. The fraction of sp³-hybridized carbons (Fsp3) is 0.600. The largest absolute Gasteiger partial charge is 0.487 e. The smallest absolute Gasteiger partial charge is 0.311 e. The molecule has 6 heteroatoms. The van der Waals surface area contributed by atoms with Crippen LogP contribution in [0.15, 0.2) is 18.2 Å². The molecule has 21 heavy (non-hydrogen) atoms. The van der Waals surface area contributed by atoms with Crippen molar-refractivity contribution in [3.05, 3.63) is 28.3 Å². The summed E-state index contributed by atoms with van der Waals surface area (Å²) in [6.45, 7) is 10.5. The van der Waals surface area contributed by atoms with Gasteiger partial charge in [0.05, 0.1) is 11.5 Å². The fourth-order valence-electron chi connectivity index (χ4n) is 2.00. The summed E-state index contributed by atoms with van der Waals surface area (Å²) < 4.78 is 5.47. The van der Waals surface area contributed by atoms with Crippen LogP contribution >= 0.6 is 0 Å². The highest BCUT2D eigenvalue weighted by molar-refractivity contribution is 5.58. The zero-order valence-electron chi connectivity index (χ0n) is 13.1. The van der Waals surface area contributed by atoms with E-state index >= 15 is 0 Å². The summed E-state index contributed by atoms with van der Waals surface area (Å²) in [6, 6.07) is 4.92. The molecule has 1 N–H and O–H groups in total. The predicted octanol–water partition coefficient (Wildman–Crippen LogP) is 3.14. The number of nitrogens with zero attached hydrogens (tertiary/aromatic N) is 2. The third-order valence-corrected chi connectivity index (χ3v) is 3.27.